The Balaban J connectivity index is 1.78. The molecular weight excluding hydrogens is 280 g/mol. The minimum Gasteiger partial charge on any atom is -0.492 e. The molecule has 4 nitrogen and oxygen atoms in total. The van der Waals surface area contributed by atoms with Crippen LogP contribution in [0.15, 0.2) is 18.2 Å². The fourth-order valence-electron chi connectivity index (χ4n) is 2.34. The summed E-state index contributed by atoms with van der Waals surface area (Å²) in [4.78, 5) is 12.7. The number of ether oxygens (including phenoxy) is 1. The van der Waals surface area contributed by atoms with Crippen LogP contribution in [0.1, 0.15) is 18.4 Å². The first-order chi connectivity index (χ1) is 10.0. The summed E-state index contributed by atoms with van der Waals surface area (Å²) in [5.41, 5.74) is 0.139. The van der Waals surface area contributed by atoms with Crippen LogP contribution in [0, 0.1) is 5.82 Å². The van der Waals surface area contributed by atoms with Crippen LogP contribution in [0.5, 0.6) is 5.75 Å². The van der Waals surface area contributed by atoms with Gasteiger partial charge >= 0.3 is 5.97 Å². The molecule has 1 aromatic rings. The Morgan fingerprint density at radius 1 is 1.38 bits per heavy atom. The van der Waals surface area contributed by atoms with Crippen LogP contribution in [-0.2, 0) is 11.2 Å². The number of nitrogens with zero attached hydrogens (tertiary/aromatic N) is 1. The molecule has 2 rings (SSSR count). The van der Waals surface area contributed by atoms with E-state index in [1.807, 2.05) is 0 Å². The first kappa shape index (κ1) is 15.7. The average Bonchev–Trinajstić information content (AvgIpc) is 2.43. The van der Waals surface area contributed by atoms with Gasteiger partial charge in [0.15, 0.2) is 0 Å². The predicted molar refractivity (Wildman–Crippen MR) is 73.8 cm³/mol. The number of carboxylic acid groups (broad SMARTS) is 1. The third kappa shape index (κ3) is 4.97. The highest BCUT2D eigenvalue weighted by molar-refractivity contribution is 5.70. The number of hydrogen-bond acceptors (Lipinski definition) is 3. The zero-order valence-corrected chi connectivity index (χ0v) is 11.7. The van der Waals surface area contributed by atoms with Crippen molar-refractivity contribution in [3.63, 3.8) is 0 Å². The van der Waals surface area contributed by atoms with Crippen molar-refractivity contribution < 1.29 is 23.4 Å². The summed E-state index contributed by atoms with van der Waals surface area (Å²) in [7, 11) is 0. The van der Waals surface area contributed by atoms with Crippen molar-refractivity contribution in [1.82, 2.24) is 4.90 Å². The fraction of sp³-hybridized carbons (Fsp3) is 0.533. The fourth-order valence-corrected chi connectivity index (χ4v) is 2.34. The molecule has 0 aliphatic carbocycles. The molecule has 1 heterocycles. The average molecular weight is 299 g/mol. The van der Waals surface area contributed by atoms with Crippen molar-refractivity contribution in [1.29, 1.82) is 0 Å². The van der Waals surface area contributed by atoms with Crippen LogP contribution in [0.3, 0.4) is 0 Å². The number of carbonyl (C=O) groups is 1. The third-order valence-electron chi connectivity index (χ3n) is 3.56. The van der Waals surface area contributed by atoms with E-state index in [9.17, 15) is 13.6 Å². The molecule has 6 heteroatoms. The van der Waals surface area contributed by atoms with Crippen LogP contribution >= 0.6 is 0 Å². The number of aliphatic carboxylic acids is 1. The molecule has 1 N–H and O–H groups in total. The van der Waals surface area contributed by atoms with E-state index in [1.165, 1.54) is 12.1 Å². The third-order valence-corrected chi connectivity index (χ3v) is 3.56. The molecule has 1 aliphatic heterocycles. The summed E-state index contributed by atoms with van der Waals surface area (Å²) >= 11 is 0. The van der Waals surface area contributed by atoms with E-state index in [0.29, 0.717) is 31.7 Å². The number of hydrogen-bond donors (Lipinski definition) is 1. The second-order valence-corrected chi connectivity index (χ2v) is 5.19. The number of benzene rings is 1. The number of carboxylic acids is 1. The summed E-state index contributed by atoms with van der Waals surface area (Å²) in [5.74, 6) is -1.27. The second-order valence-electron chi connectivity index (χ2n) is 5.19. The normalized spacial score (nSPS) is 16.9. The first-order valence-electron chi connectivity index (χ1n) is 7.04. The lowest BCUT2D eigenvalue weighted by Gasteiger charge is -2.28. The summed E-state index contributed by atoms with van der Waals surface area (Å²) in [6, 6.07) is 4.19. The molecule has 21 heavy (non-hydrogen) atoms. The Labute approximate surface area is 122 Å². The lowest BCUT2D eigenvalue weighted by molar-refractivity contribution is -0.136. The number of halogens is 2. The van der Waals surface area contributed by atoms with Gasteiger partial charge in [-0.1, -0.05) is 6.07 Å². The van der Waals surface area contributed by atoms with E-state index in [0.717, 1.165) is 13.1 Å². The van der Waals surface area contributed by atoms with Gasteiger partial charge in [-0.05, 0) is 24.5 Å². The zero-order valence-electron chi connectivity index (χ0n) is 11.7. The van der Waals surface area contributed by atoms with Crippen molar-refractivity contribution in [3.05, 3.63) is 29.6 Å². The minimum absolute atomic E-state index is 0.139. The molecule has 1 aromatic carbocycles. The van der Waals surface area contributed by atoms with Gasteiger partial charge in [0.1, 0.15) is 24.3 Å². The van der Waals surface area contributed by atoms with Gasteiger partial charge in [-0.3, -0.25) is 9.69 Å². The molecule has 1 aliphatic rings. The number of rotatable bonds is 6. The van der Waals surface area contributed by atoms with Gasteiger partial charge in [0.2, 0.25) is 0 Å². The molecule has 0 atom stereocenters. The van der Waals surface area contributed by atoms with Crippen LogP contribution in [0.25, 0.3) is 0 Å². The largest absolute Gasteiger partial charge is 0.492 e. The molecule has 0 bridgehead atoms. The van der Waals surface area contributed by atoms with E-state index in [4.69, 9.17) is 9.84 Å². The quantitative estimate of drug-likeness (QED) is 0.875. The maximum atomic E-state index is 13.6. The summed E-state index contributed by atoms with van der Waals surface area (Å²) in [6.07, 6.45) is 0.0689. The van der Waals surface area contributed by atoms with Gasteiger partial charge < -0.3 is 9.84 Å². The van der Waals surface area contributed by atoms with Gasteiger partial charge in [-0.15, -0.1) is 0 Å². The molecule has 0 radical (unpaired) electrons. The van der Waals surface area contributed by atoms with Crippen molar-refractivity contribution >= 4 is 5.97 Å². The maximum absolute atomic E-state index is 13.6. The predicted octanol–water partition coefficient (Wildman–Crippen LogP) is 2.27. The Bertz CT molecular complexity index is 488. The van der Waals surface area contributed by atoms with Crippen molar-refractivity contribution in [3.8, 4) is 5.75 Å². The lowest BCUT2D eigenvalue weighted by Crippen LogP contribution is -2.37. The Hall–Kier alpha value is -1.69. The molecule has 0 spiro atoms. The summed E-state index contributed by atoms with van der Waals surface area (Å²) in [6.45, 7) is 2.51. The number of alkyl halides is 1. The van der Waals surface area contributed by atoms with Gasteiger partial charge in [-0.25, -0.2) is 8.78 Å². The zero-order chi connectivity index (χ0) is 15.2. The van der Waals surface area contributed by atoms with Crippen LogP contribution in [0.4, 0.5) is 8.78 Å². The Morgan fingerprint density at radius 2 is 2.10 bits per heavy atom. The molecule has 1 fully saturated rings. The first-order valence-corrected chi connectivity index (χ1v) is 7.04. The van der Waals surface area contributed by atoms with E-state index >= 15 is 0 Å². The van der Waals surface area contributed by atoms with E-state index < -0.39 is 18.0 Å². The van der Waals surface area contributed by atoms with Gasteiger partial charge in [0, 0.05) is 25.7 Å². The van der Waals surface area contributed by atoms with E-state index in [2.05, 4.69) is 4.90 Å². The second kappa shape index (κ2) is 7.36. The molecule has 0 amide bonds. The van der Waals surface area contributed by atoms with Crippen LogP contribution in [0.2, 0.25) is 0 Å². The molecule has 0 saturated carbocycles. The van der Waals surface area contributed by atoms with E-state index in [1.54, 1.807) is 6.07 Å². The van der Waals surface area contributed by atoms with Crippen LogP contribution in [-0.4, -0.2) is 48.4 Å². The molecule has 116 valence electrons. The molecule has 0 unspecified atom stereocenters. The summed E-state index contributed by atoms with van der Waals surface area (Å²) in [5, 5.41) is 8.63. The Kier molecular flexibility index (Phi) is 5.50. The monoisotopic (exact) mass is 299 g/mol. The minimum atomic E-state index is -1.07. The van der Waals surface area contributed by atoms with Gasteiger partial charge in [0.25, 0.3) is 0 Å². The Morgan fingerprint density at radius 3 is 2.71 bits per heavy atom. The highest BCUT2D eigenvalue weighted by Gasteiger charge is 2.17. The molecule has 1 saturated heterocycles. The smallest absolute Gasteiger partial charge is 0.307 e. The maximum Gasteiger partial charge on any atom is 0.307 e. The van der Waals surface area contributed by atoms with Crippen molar-refractivity contribution in [2.75, 3.05) is 26.2 Å². The SMILES string of the molecule is O=C(O)Cc1ccc(OCCN2CCC(F)CC2)cc1F. The summed E-state index contributed by atoms with van der Waals surface area (Å²) < 4.78 is 32.1. The molecular formula is C15H19F2NO3. The number of piperidine rings is 1. The standard InChI is InChI=1S/C15H19F2NO3/c16-12-3-5-18(6-4-12)7-8-21-13-2-1-11(9-15(19)20)14(17)10-13/h1-2,10,12H,3-9H2,(H,19,20). The topological polar surface area (TPSA) is 49.8 Å². The van der Waals surface area contributed by atoms with Crippen molar-refractivity contribution in [2.24, 2.45) is 0 Å². The van der Waals surface area contributed by atoms with E-state index in [-0.39, 0.29) is 12.0 Å². The van der Waals surface area contributed by atoms with Gasteiger partial charge in [0.05, 0.1) is 6.42 Å². The number of likely N-dealkylation sites (tertiary alicyclic amines) is 1. The van der Waals surface area contributed by atoms with Crippen LogP contribution < -0.4 is 4.74 Å². The molecule has 0 aromatic heterocycles. The highest BCUT2D eigenvalue weighted by atomic mass is 19.1. The lowest BCUT2D eigenvalue weighted by atomic mass is 10.1. The van der Waals surface area contributed by atoms with Crippen molar-refractivity contribution in [2.45, 2.75) is 25.4 Å². The highest BCUT2D eigenvalue weighted by Crippen LogP contribution is 2.18. The van der Waals surface area contributed by atoms with Gasteiger partial charge in [-0.2, -0.15) is 0 Å².